The first-order valence-corrected chi connectivity index (χ1v) is 15.5. The topological polar surface area (TPSA) is 59.7 Å². The number of rotatable bonds is 6. The molecule has 0 atom stereocenters. The molecule has 5 heteroatoms. The normalized spacial score (nSPS) is 11.6. The Hall–Kier alpha value is -6.07. The number of hydrogen-bond donors (Lipinski definition) is 3. The lowest BCUT2D eigenvalue weighted by Gasteiger charge is -2.13. The van der Waals surface area contributed by atoms with E-state index in [9.17, 15) is 0 Å². The zero-order valence-corrected chi connectivity index (χ0v) is 25.8. The van der Waals surface area contributed by atoms with Crippen molar-refractivity contribution in [3.63, 3.8) is 0 Å². The van der Waals surface area contributed by atoms with E-state index >= 15 is 0 Å². The lowest BCUT2D eigenvalue weighted by molar-refractivity contribution is 1.13. The maximum Gasteiger partial charge on any atom is 0.0738 e. The van der Waals surface area contributed by atoms with Crippen molar-refractivity contribution in [2.75, 3.05) is 24.3 Å². The molecule has 5 nitrogen and oxygen atoms in total. The molecule has 3 N–H and O–H groups in total. The van der Waals surface area contributed by atoms with Gasteiger partial charge in [0, 0.05) is 53.2 Å². The van der Waals surface area contributed by atoms with E-state index in [2.05, 4.69) is 180 Å². The summed E-state index contributed by atoms with van der Waals surface area (Å²) in [5.74, 6) is 0. The van der Waals surface area contributed by atoms with Crippen LogP contribution in [-0.2, 0) is 0 Å². The molecule has 46 heavy (non-hydrogen) atoms. The highest BCUT2D eigenvalue weighted by Crippen LogP contribution is 2.40. The van der Waals surface area contributed by atoms with E-state index < -0.39 is 0 Å². The highest BCUT2D eigenvalue weighted by Gasteiger charge is 2.19. The molecule has 1 aliphatic heterocycles. The molecule has 0 radical (unpaired) electrons. The van der Waals surface area contributed by atoms with E-state index in [1.54, 1.807) is 0 Å². The van der Waals surface area contributed by atoms with Crippen LogP contribution in [0.25, 0.3) is 67.6 Å². The molecular formula is C41H33N5. The van der Waals surface area contributed by atoms with Gasteiger partial charge in [-0.15, -0.1) is 0 Å². The standard InChI is InChI=1S/C41H33N5/c1-46(2)31-20-18-30(19-21-31)42-37-26-36-39(28-14-8-4-9-15-28)34-23-22-32(43-34)38(27-12-6-3-7-13-27)33-24-25-35(44-33)40(41(37)45-36)29-16-10-5-11-17-29/h3-26,42-43,45H,1-2H3. The molecule has 1 aliphatic rings. The summed E-state index contributed by atoms with van der Waals surface area (Å²) in [5, 5.41) is 3.76. The third-order valence-corrected chi connectivity index (χ3v) is 8.56. The monoisotopic (exact) mass is 595 g/mol. The highest BCUT2D eigenvalue weighted by molar-refractivity contribution is 6.04. The second-order valence-electron chi connectivity index (χ2n) is 11.8. The third kappa shape index (κ3) is 4.98. The molecule has 3 aromatic heterocycles. The number of benzene rings is 4. The molecule has 4 heterocycles. The Bertz CT molecular complexity index is 2280. The van der Waals surface area contributed by atoms with Gasteiger partial charge >= 0.3 is 0 Å². The summed E-state index contributed by atoms with van der Waals surface area (Å²) < 4.78 is 0. The van der Waals surface area contributed by atoms with Gasteiger partial charge in [0.2, 0.25) is 0 Å². The van der Waals surface area contributed by atoms with Crippen molar-refractivity contribution in [2.24, 2.45) is 0 Å². The van der Waals surface area contributed by atoms with E-state index in [1.807, 2.05) is 0 Å². The summed E-state index contributed by atoms with van der Waals surface area (Å²) in [6.07, 6.45) is 4.28. The zero-order chi connectivity index (χ0) is 31.0. The number of H-pyrrole nitrogens is 2. The van der Waals surface area contributed by atoms with Gasteiger partial charge in [-0.05, 0) is 71.3 Å². The van der Waals surface area contributed by atoms with Crippen molar-refractivity contribution in [1.82, 2.24) is 15.0 Å². The van der Waals surface area contributed by atoms with Crippen LogP contribution >= 0.6 is 0 Å². The van der Waals surface area contributed by atoms with Crippen LogP contribution in [-0.4, -0.2) is 29.0 Å². The van der Waals surface area contributed by atoms with Crippen molar-refractivity contribution in [2.45, 2.75) is 0 Å². The van der Waals surface area contributed by atoms with Gasteiger partial charge in [0.1, 0.15) is 0 Å². The number of anilines is 3. The average Bonchev–Trinajstić information content (AvgIpc) is 3.85. The van der Waals surface area contributed by atoms with Crippen LogP contribution in [0, 0.1) is 0 Å². The number of nitrogens with one attached hydrogen (secondary N) is 3. The summed E-state index contributed by atoms with van der Waals surface area (Å²) in [7, 11) is 4.11. The van der Waals surface area contributed by atoms with Gasteiger partial charge < -0.3 is 20.2 Å². The molecule has 0 aliphatic carbocycles. The van der Waals surface area contributed by atoms with Crippen LogP contribution in [0.3, 0.4) is 0 Å². The minimum absolute atomic E-state index is 0.905. The molecule has 0 saturated carbocycles. The zero-order valence-electron chi connectivity index (χ0n) is 25.8. The van der Waals surface area contributed by atoms with Crippen LogP contribution in [0.2, 0.25) is 0 Å². The van der Waals surface area contributed by atoms with Gasteiger partial charge in [-0.2, -0.15) is 0 Å². The van der Waals surface area contributed by atoms with Gasteiger partial charge in [-0.3, -0.25) is 0 Å². The fourth-order valence-corrected chi connectivity index (χ4v) is 6.34. The van der Waals surface area contributed by atoms with Gasteiger partial charge in [-0.25, -0.2) is 4.98 Å². The largest absolute Gasteiger partial charge is 0.378 e. The summed E-state index contributed by atoms with van der Waals surface area (Å²) >= 11 is 0. The van der Waals surface area contributed by atoms with Crippen molar-refractivity contribution >= 4 is 51.3 Å². The Morgan fingerprint density at radius 3 is 1.63 bits per heavy atom. The third-order valence-electron chi connectivity index (χ3n) is 8.56. The molecule has 0 unspecified atom stereocenters. The molecule has 0 spiro atoms. The molecule has 0 saturated heterocycles. The Morgan fingerprint density at radius 1 is 0.522 bits per heavy atom. The van der Waals surface area contributed by atoms with Gasteiger partial charge in [0.05, 0.1) is 28.1 Å². The lowest BCUT2D eigenvalue weighted by Crippen LogP contribution is -2.08. The quantitative estimate of drug-likeness (QED) is 0.179. The van der Waals surface area contributed by atoms with Crippen molar-refractivity contribution in [1.29, 1.82) is 0 Å². The molecule has 4 aromatic carbocycles. The molecular weight excluding hydrogens is 562 g/mol. The lowest BCUT2D eigenvalue weighted by atomic mass is 10.0. The van der Waals surface area contributed by atoms with Crippen LogP contribution in [0.4, 0.5) is 17.1 Å². The van der Waals surface area contributed by atoms with Crippen LogP contribution in [0.1, 0.15) is 11.4 Å². The average molecular weight is 596 g/mol. The Kier molecular flexibility index (Phi) is 6.84. The molecule has 0 fully saturated rings. The fourth-order valence-electron chi connectivity index (χ4n) is 6.34. The van der Waals surface area contributed by atoms with Gasteiger partial charge in [0.15, 0.2) is 0 Å². The Balaban J connectivity index is 1.51. The first-order chi connectivity index (χ1) is 22.6. The van der Waals surface area contributed by atoms with Crippen LogP contribution < -0.4 is 10.2 Å². The van der Waals surface area contributed by atoms with E-state index in [-0.39, 0.29) is 0 Å². The predicted octanol–water partition coefficient (Wildman–Crippen LogP) is 10.5. The maximum atomic E-state index is 5.33. The number of aromatic nitrogens is 3. The molecule has 0 amide bonds. The predicted molar refractivity (Wildman–Crippen MR) is 195 cm³/mol. The summed E-state index contributed by atoms with van der Waals surface area (Å²) in [6.45, 7) is 0. The second kappa shape index (κ2) is 11.5. The summed E-state index contributed by atoms with van der Waals surface area (Å²) in [4.78, 5) is 15.1. The molecule has 8 rings (SSSR count). The highest BCUT2D eigenvalue weighted by atomic mass is 15.1. The fraction of sp³-hybridized carbons (Fsp3) is 0.0488. The second-order valence-corrected chi connectivity index (χ2v) is 11.8. The number of nitrogens with zero attached hydrogens (tertiary/aromatic N) is 2. The summed E-state index contributed by atoms with van der Waals surface area (Å²) in [6, 6.07) is 46.7. The number of hydrogen-bond acceptors (Lipinski definition) is 3. The van der Waals surface area contributed by atoms with Crippen molar-refractivity contribution in [3.05, 3.63) is 145 Å². The Morgan fingerprint density at radius 2 is 1.04 bits per heavy atom. The van der Waals surface area contributed by atoms with Crippen LogP contribution in [0.15, 0.2) is 133 Å². The number of aromatic amines is 2. The SMILES string of the molecule is CN(C)c1ccc(Nc2cc3[nH]c2c(-c2ccccc2)c2nc(c(-c4ccccc4)c4ccc([nH]4)c3-c3ccccc3)C=C2)cc1. The summed E-state index contributed by atoms with van der Waals surface area (Å²) in [5.41, 5.74) is 15.5. The number of fused-ring (bicyclic) bond motifs is 6. The van der Waals surface area contributed by atoms with E-state index in [4.69, 9.17) is 4.98 Å². The van der Waals surface area contributed by atoms with Crippen LogP contribution in [0.5, 0.6) is 0 Å². The van der Waals surface area contributed by atoms with Gasteiger partial charge in [0.25, 0.3) is 0 Å². The smallest absolute Gasteiger partial charge is 0.0738 e. The molecule has 7 aromatic rings. The maximum absolute atomic E-state index is 5.33. The van der Waals surface area contributed by atoms with Gasteiger partial charge in [-0.1, -0.05) is 91.0 Å². The van der Waals surface area contributed by atoms with E-state index in [0.29, 0.717) is 0 Å². The minimum Gasteiger partial charge on any atom is -0.378 e. The minimum atomic E-state index is 0.905. The molecule has 6 bridgehead atoms. The van der Waals surface area contributed by atoms with E-state index in [1.165, 1.54) is 0 Å². The molecule has 222 valence electrons. The Labute approximate surface area is 268 Å². The first-order valence-electron chi connectivity index (χ1n) is 15.5. The first kappa shape index (κ1) is 27.5. The van der Waals surface area contributed by atoms with E-state index in [0.717, 1.165) is 83.9 Å². The van der Waals surface area contributed by atoms with Crippen molar-refractivity contribution < 1.29 is 0 Å². The van der Waals surface area contributed by atoms with Crippen molar-refractivity contribution in [3.8, 4) is 33.4 Å².